The van der Waals surface area contributed by atoms with Crippen molar-refractivity contribution in [2.45, 2.75) is 64.9 Å². The molecule has 0 spiro atoms. The van der Waals surface area contributed by atoms with Crippen LogP contribution in [-0.2, 0) is 9.53 Å². The molecule has 1 N–H and O–H groups in total. The molecule has 4 heteroatoms. The summed E-state index contributed by atoms with van der Waals surface area (Å²) in [6, 6.07) is 5.81. The van der Waals surface area contributed by atoms with Gasteiger partial charge in [-0.05, 0) is 62.3 Å². The Hall–Kier alpha value is -1.55. The van der Waals surface area contributed by atoms with Gasteiger partial charge in [-0.1, -0.05) is 26.7 Å². The molecular formula is C20H31NO3. The molecule has 0 aliphatic heterocycles. The van der Waals surface area contributed by atoms with Gasteiger partial charge in [-0.2, -0.15) is 0 Å². The highest BCUT2D eigenvalue weighted by atomic mass is 16.5. The summed E-state index contributed by atoms with van der Waals surface area (Å²) in [5, 5.41) is 3.04. The molecule has 1 aliphatic carbocycles. The lowest BCUT2D eigenvalue weighted by Crippen LogP contribution is -2.47. The summed E-state index contributed by atoms with van der Waals surface area (Å²) in [5.41, 5.74) is 1.14. The molecule has 2 atom stereocenters. The average molecular weight is 333 g/mol. The quantitative estimate of drug-likeness (QED) is 0.735. The molecule has 1 saturated carbocycles. The van der Waals surface area contributed by atoms with Crippen molar-refractivity contribution in [3.8, 4) is 5.75 Å². The summed E-state index contributed by atoms with van der Waals surface area (Å²) >= 11 is 0. The summed E-state index contributed by atoms with van der Waals surface area (Å²) in [5.74, 6) is 1.37. The van der Waals surface area contributed by atoms with Gasteiger partial charge in [-0.15, -0.1) is 0 Å². The van der Waals surface area contributed by atoms with Crippen molar-refractivity contribution in [1.29, 1.82) is 0 Å². The van der Waals surface area contributed by atoms with Gasteiger partial charge in [-0.25, -0.2) is 0 Å². The third kappa shape index (κ3) is 4.50. The third-order valence-electron chi connectivity index (χ3n) is 4.95. The molecule has 0 saturated heterocycles. The Balaban J connectivity index is 2.04. The van der Waals surface area contributed by atoms with E-state index in [1.54, 1.807) is 7.11 Å². The standard InChI is InChI=1S/C20H31NO3/c1-5-6-12-24-18-10-9-17(13-16(18)3)21-19(22)20(23-4)11-7-8-15(2)14-20/h9-10,13,15H,5-8,11-12,14H2,1-4H3,(H,21,22)/t15-,20+/m1/s1. The number of hydrogen-bond acceptors (Lipinski definition) is 3. The first-order valence-electron chi connectivity index (χ1n) is 9.11. The first-order chi connectivity index (χ1) is 11.5. The van der Waals surface area contributed by atoms with Crippen molar-refractivity contribution in [2.75, 3.05) is 19.0 Å². The number of aryl methyl sites for hydroxylation is 1. The summed E-state index contributed by atoms with van der Waals surface area (Å²) in [4.78, 5) is 12.8. The van der Waals surface area contributed by atoms with Crippen LogP contribution in [0.15, 0.2) is 18.2 Å². The minimum absolute atomic E-state index is 0.0319. The molecule has 134 valence electrons. The van der Waals surface area contributed by atoms with Crippen LogP contribution >= 0.6 is 0 Å². The minimum atomic E-state index is -0.693. The van der Waals surface area contributed by atoms with Gasteiger partial charge in [0.05, 0.1) is 6.61 Å². The minimum Gasteiger partial charge on any atom is -0.493 e. The van der Waals surface area contributed by atoms with Crippen LogP contribution in [0.2, 0.25) is 0 Å². The Kier molecular flexibility index (Phi) is 6.67. The van der Waals surface area contributed by atoms with Crippen LogP contribution in [0.5, 0.6) is 5.75 Å². The Morgan fingerprint density at radius 3 is 2.83 bits per heavy atom. The lowest BCUT2D eigenvalue weighted by atomic mass is 9.78. The third-order valence-corrected chi connectivity index (χ3v) is 4.95. The Bertz CT molecular complexity index is 558. The largest absolute Gasteiger partial charge is 0.493 e. The number of benzene rings is 1. The molecule has 0 unspecified atom stereocenters. The van der Waals surface area contributed by atoms with Gasteiger partial charge in [0.15, 0.2) is 0 Å². The van der Waals surface area contributed by atoms with E-state index >= 15 is 0 Å². The first kappa shape index (κ1) is 18.8. The molecular weight excluding hydrogens is 302 g/mol. The van der Waals surface area contributed by atoms with E-state index in [4.69, 9.17) is 9.47 Å². The maximum Gasteiger partial charge on any atom is 0.256 e. The zero-order valence-electron chi connectivity index (χ0n) is 15.5. The smallest absolute Gasteiger partial charge is 0.256 e. The second-order valence-electron chi connectivity index (χ2n) is 7.04. The highest BCUT2D eigenvalue weighted by Gasteiger charge is 2.41. The second-order valence-corrected chi connectivity index (χ2v) is 7.04. The van der Waals surface area contributed by atoms with Gasteiger partial charge in [-0.3, -0.25) is 4.79 Å². The van der Waals surface area contributed by atoms with E-state index in [9.17, 15) is 4.79 Å². The number of amides is 1. The van der Waals surface area contributed by atoms with E-state index in [0.717, 1.165) is 55.7 Å². The number of anilines is 1. The Labute approximate surface area is 145 Å². The van der Waals surface area contributed by atoms with Gasteiger partial charge in [0.1, 0.15) is 11.4 Å². The fourth-order valence-corrected chi connectivity index (χ4v) is 3.45. The zero-order chi connectivity index (χ0) is 17.6. The van der Waals surface area contributed by atoms with Crippen molar-refractivity contribution in [1.82, 2.24) is 0 Å². The van der Waals surface area contributed by atoms with Crippen molar-refractivity contribution < 1.29 is 14.3 Å². The molecule has 24 heavy (non-hydrogen) atoms. The SMILES string of the molecule is CCCCOc1ccc(NC(=O)[C@]2(OC)CCC[C@@H](C)C2)cc1C. The molecule has 0 heterocycles. The number of nitrogens with one attached hydrogen (secondary N) is 1. The fraction of sp³-hybridized carbons (Fsp3) is 0.650. The highest BCUT2D eigenvalue weighted by molar-refractivity contribution is 5.97. The molecule has 1 aromatic rings. The molecule has 1 aliphatic rings. The molecule has 1 fully saturated rings. The number of rotatable bonds is 7. The molecule has 0 bridgehead atoms. The summed E-state index contributed by atoms with van der Waals surface area (Å²) < 4.78 is 11.4. The average Bonchev–Trinajstić information content (AvgIpc) is 2.56. The lowest BCUT2D eigenvalue weighted by molar-refractivity contribution is -0.143. The molecule has 2 rings (SSSR count). The molecule has 1 aromatic carbocycles. The van der Waals surface area contributed by atoms with Crippen LogP contribution in [0, 0.1) is 12.8 Å². The number of hydrogen-bond donors (Lipinski definition) is 1. The van der Waals surface area contributed by atoms with E-state index in [1.165, 1.54) is 6.42 Å². The van der Waals surface area contributed by atoms with Crippen LogP contribution in [0.4, 0.5) is 5.69 Å². The molecule has 1 amide bonds. The van der Waals surface area contributed by atoms with Crippen molar-refractivity contribution >= 4 is 11.6 Å². The molecule has 0 aromatic heterocycles. The van der Waals surface area contributed by atoms with Crippen molar-refractivity contribution in [3.05, 3.63) is 23.8 Å². The van der Waals surface area contributed by atoms with E-state index in [1.807, 2.05) is 25.1 Å². The van der Waals surface area contributed by atoms with E-state index in [-0.39, 0.29) is 5.91 Å². The number of carbonyl (C=O) groups is 1. The van der Waals surface area contributed by atoms with Crippen LogP contribution in [0.1, 0.15) is 57.9 Å². The zero-order valence-corrected chi connectivity index (χ0v) is 15.5. The maximum absolute atomic E-state index is 12.8. The van der Waals surface area contributed by atoms with E-state index in [2.05, 4.69) is 19.2 Å². The number of methoxy groups -OCH3 is 1. The van der Waals surface area contributed by atoms with Crippen LogP contribution < -0.4 is 10.1 Å². The number of ether oxygens (including phenoxy) is 2. The summed E-state index contributed by atoms with van der Waals surface area (Å²) in [6.07, 6.45) is 5.94. The second kappa shape index (κ2) is 8.52. The predicted molar refractivity (Wildman–Crippen MR) is 97.6 cm³/mol. The van der Waals surface area contributed by atoms with E-state index in [0.29, 0.717) is 5.92 Å². The normalized spacial score (nSPS) is 23.8. The van der Waals surface area contributed by atoms with Gasteiger partial charge in [0.2, 0.25) is 0 Å². The van der Waals surface area contributed by atoms with Gasteiger partial charge in [0.25, 0.3) is 5.91 Å². The maximum atomic E-state index is 12.8. The highest BCUT2D eigenvalue weighted by Crippen LogP contribution is 2.36. The van der Waals surface area contributed by atoms with Gasteiger partial charge >= 0.3 is 0 Å². The number of carbonyl (C=O) groups excluding carboxylic acids is 1. The van der Waals surface area contributed by atoms with Crippen LogP contribution in [0.25, 0.3) is 0 Å². The van der Waals surface area contributed by atoms with E-state index < -0.39 is 5.60 Å². The number of unbranched alkanes of at least 4 members (excludes halogenated alkanes) is 1. The Morgan fingerprint density at radius 2 is 2.21 bits per heavy atom. The lowest BCUT2D eigenvalue weighted by Gasteiger charge is -2.37. The first-order valence-corrected chi connectivity index (χ1v) is 9.11. The molecule has 4 nitrogen and oxygen atoms in total. The summed E-state index contributed by atoms with van der Waals surface area (Å²) in [6.45, 7) is 7.07. The monoisotopic (exact) mass is 333 g/mol. The van der Waals surface area contributed by atoms with Crippen molar-refractivity contribution in [3.63, 3.8) is 0 Å². The van der Waals surface area contributed by atoms with Crippen LogP contribution in [-0.4, -0.2) is 25.2 Å². The van der Waals surface area contributed by atoms with Gasteiger partial charge in [0, 0.05) is 12.8 Å². The van der Waals surface area contributed by atoms with Gasteiger partial charge < -0.3 is 14.8 Å². The summed E-state index contributed by atoms with van der Waals surface area (Å²) in [7, 11) is 1.65. The van der Waals surface area contributed by atoms with Crippen LogP contribution in [0.3, 0.4) is 0 Å². The predicted octanol–water partition coefficient (Wildman–Crippen LogP) is 4.71. The Morgan fingerprint density at radius 1 is 1.42 bits per heavy atom. The van der Waals surface area contributed by atoms with Crippen molar-refractivity contribution in [2.24, 2.45) is 5.92 Å². The topological polar surface area (TPSA) is 47.6 Å². The fourth-order valence-electron chi connectivity index (χ4n) is 3.45. The molecule has 0 radical (unpaired) electrons.